The highest BCUT2D eigenvalue weighted by atomic mass is 16.5. The molecular formula is C9H17N3O. The lowest BCUT2D eigenvalue weighted by Crippen LogP contribution is -2.03. The minimum absolute atomic E-state index is 0.549. The van der Waals surface area contributed by atoms with E-state index in [1.165, 1.54) is 0 Å². The maximum Gasteiger partial charge on any atom is 0.0628 e. The number of methoxy groups -OCH3 is 1. The number of nitrogens with zero attached hydrogens (tertiary/aromatic N) is 2. The molecule has 0 amide bonds. The maximum absolute atomic E-state index is 5.53. The lowest BCUT2D eigenvalue weighted by molar-refractivity contribution is 0.195. The zero-order valence-corrected chi connectivity index (χ0v) is 8.29. The van der Waals surface area contributed by atoms with Crippen LogP contribution in [-0.2, 0) is 24.8 Å². The van der Waals surface area contributed by atoms with E-state index in [4.69, 9.17) is 10.5 Å². The molecule has 0 unspecified atom stereocenters. The normalized spacial score (nSPS) is 10.7. The Labute approximate surface area is 78.7 Å². The van der Waals surface area contributed by atoms with Crippen LogP contribution < -0.4 is 5.73 Å². The van der Waals surface area contributed by atoms with Gasteiger partial charge in [0.15, 0.2) is 0 Å². The largest absolute Gasteiger partial charge is 0.385 e. The van der Waals surface area contributed by atoms with Gasteiger partial charge in [0, 0.05) is 27.3 Å². The Morgan fingerprint density at radius 1 is 1.62 bits per heavy atom. The summed E-state index contributed by atoms with van der Waals surface area (Å²) in [7, 11) is 3.63. The van der Waals surface area contributed by atoms with E-state index >= 15 is 0 Å². The van der Waals surface area contributed by atoms with Crippen LogP contribution in [0.3, 0.4) is 0 Å². The van der Waals surface area contributed by atoms with Gasteiger partial charge in [0.2, 0.25) is 0 Å². The van der Waals surface area contributed by atoms with Crippen LogP contribution >= 0.6 is 0 Å². The minimum atomic E-state index is 0.549. The Morgan fingerprint density at radius 2 is 2.38 bits per heavy atom. The molecule has 1 heterocycles. The molecule has 0 fully saturated rings. The molecule has 74 valence electrons. The third kappa shape index (κ3) is 2.82. The quantitative estimate of drug-likeness (QED) is 0.675. The van der Waals surface area contributed by atoms with Gasteiger partial charge in [-0.05, 0) is 18.9 Å². The molecule has 13 heavy (non-hydrogen) atoms. The van der Waals surface area contributed by atoms with Crippen molar-refractivity contribution in [2.24, 2.45) is 12.8 Å². The van der Waals surface area contributed by atoms with Crippen molar-refractivity contribution in [1.29, 1.82) is 0 Å². The maximum atomic E-state index is 5.53. The van der Waals surface area contributed by atoms with Gasteiger partial charge in [-0.3, -0.25) is 4.68 Å². The molecule has 1 rings (SSSR count). The van der Waals surface area contributed by atoms with E-state index in [1.807, 2.05) is 11.7 Å². The lowest BCUT2D eigenvalue weighted by Gasteiger charge is -1.95. The fourth-order valence-corrected chi connectivity index (χ4v) is 1.28. The Kier molecular flexibility index (Phi) is 3.92. The Morgan fingerprint density at radius 3 is 2.92 bits per heavy atom. The highest BCUT2D eigenvalue weighted by Gasteiger charge is 2.02. The molecule has 0 aliphatic carbocycles. The first-order valence-electron chi connectivity index (χ1n) is 4.48. The summed E-state index contributed by atoms with van der Waals surface area (Å²) in [5.41, 5.74) is 7.71. The molecule has 4 heteroatoms. The number of nitrogens with two attached hydrogens (primary N) is 1. The summed E-state index contributed by atoms with van der Waals surface area (Å²) in [6.45, 7) is 1.34. The SMILES string of the molecule is COCCCc1cc(CN)n(C)n1. The van der Waals surface area contributed by atoms with Crippen LogP contribution in [-0.4, -0.2) is 23.5 Å². The summed E-state index contributed by atoms with van der Waals surface area (Å²) < 4.78 is 6.80. The summed E-state index contributed by atoms with van der Waals surface area (Å²) >= 11 is 0. The molecule has 4 nitrogen and oxygen atoms in total. The fraction of sp³-hybridized carbons (Fsp3) is 0.667. The van der Waals surface area contributed by atoms with Crippen molar-refractivity contribution in [3.63, 3.8) is 0 Å². The molecule has 0 aromatic carbocycles. The monoisotopic (exact) mass is 183 g/mol. The molecule has 1 aromatic rings. The predicted octanol–water partition coefficient (Wildman–Crippen LogP) is 0.458. The van der Waals surface area contributed by atoms with Crippen LogP contribution in [0, 0.1) is 0 Å². The van der Waals surface area contributed by atoms with E-state index in [9.17, 15) is 0 Å². The standard InChI is InChI=1S/C9H17N3O/c1-12-9(7-10)6-8(11-12)4-3-5-13-2/h6H,3-5,7,10H2,1-2H3. The average molecular weight is 183 g/mol. The van der Waals surface area contributed by atoms with Gasteiger partial charge < -0.3 is 10.5 Å². The zero-order valence-electron chi connectivity index (χ0n) is 8.29. The third-order valence-corrected chi connectivity index (χ3v) is 2.02. The number of hydrogen-bond acceptors (Lipinski definition) is 3. The highest BCUT2D eigenvalue weighted by Crippen LogP contribution is 2.04. The van der Waals surface area contributed by atoms with Crippen LogP contribution in [0.2, 0.25) is 0 Å². The van der Waals surface area contributed by atoms with E-state index in [0.29, 0.717) is 6.54 Å². The van der Waals surface area contributed by atoms with Gasteiger partial charge in [0.1, 0.15) is 0 Å². The van der Waals surface area contributed by atoms with E-state index < -0.39 is 0 Å². The predicted molar refractivity (Wildman–Crippen MR) is 51.3 cm³/mol. The first kappa shape index (κ1) is 10.2. The van der Waals surface area contributed by atoms with Crippen LogP contribution in [0.5, 0.6) is 0 Å². The number of hydrogen-bond donors (Lipinski definition) is 1. The average Bonchev–Trinajstić information content (AvgIpc) is 2.47. The molecule has 0 saturated carbocycles. The molecule has 0 atom stereocenters. The van der Waals surface area contributed by atoms with Gasteiger partial charge >= 0.3 is 0 Å². The van der Waals surface area contributed by atoms with E-state index in [0.717, 1.165) is 30.8 Å². The van der Waals surface area contributed by atoms with Gasteiger partial charge in [-0.1, -0.05) is 0 Å². The van der Waals surface area contributed by atoms with E-state index in [2.05, 4.69) is 11.2 Å². The third-order valence-electron chi connectivity index (χ3n) is 2.02. The highest BCUT2D eigenvalue weighted by molar-refractivity contribution is 5.09. The van der Waals surface area contributed by atoms with Crippen LogP contribution in [0.1, 0.15) is 17.8 Å². The van der Waals surface area contributed by atoms with Crippen LogP contribution in [0.25, 0.3) is 0 Å². The van der Waals surface area contributed by atoms with Gasteiger partial charge in [-0.25, -0.2) is 0 Å². The summed E-state index contributed by atoms with van der Waals surface area (Å²) in [5.74, 6) is 0. The molecule has 2 N–H and O–H groups in total. The van der Waals surface area contributed by atoms with Crippen molar-refractivity contribution in [1.82, 2.24) is 9.78 Å². The number of aryl methyl sites for hydroxylation is 2. The van der Waals surface area contributed by atoms with Crippen molar-refractivity contribution in [2.75, 3.05) is 13.7 Å². The zero-order chi connectivity index (χ0) is 9.68. The summed E-state index contributed by atoms with van der Waals surface area (Å²) in [6.07, 6.45) is 1.97. The van der Waals surface area contributed by atoms with Crippen molar-refractivity contribution in [3.8, 4) is 0 Å². The topological polar surface area (TPSA) is 53.1 Å². The number of aromatic nitrogens is 2. The smallest absolute Gasteiger partial charge is 0.0628 e. The van der Waals surface area contributed by atoms with Crippen LogP contribution in [0.15, 0.2) is 6.07 Å². The Hall–Kier alpha value is -0.870. The number of rotatable bonds is 5. The van der Waals surface area contributed by atoms with Gasteiger partial charge in [0.05, 0.1) is 11.4 Å². The minimum Gasteiger partial charge on any atom is -0.385 e. The van der Waals surface area contributed by atoms with Gasteiger partial charge in [-0.15, -0.1) is 0 Å². The summed E-state index contributed by atoms with van der Waals surface area (Å²) in [4.78, 5) is 0. The Bertz CT molecular complexity index is 257. The second-order valence-electron chi connectivity index (χ2n) is 3.05. The molecular weight excluding hydrogens is 166 g/mol. The second-order valence-corrected chi connectivity index (χ2v) is 3.05. The van der Waals surface area contributed by atoms with Crippen LogP contribution in [0.4, 0.5) is 0 Å². The molecule has 0 saturated heterocycles. The van der Waals surface area contributed by atoms with Crippen molar-refractivity contribution in [2.45, 2.75) is 19.4 Å². The van der Waals surface area contributed by atoms with Gasteiger partial charge in [0.25, 0.3) is 0 Å². The summed E-state index contributed by atoms with van der Waals surface area (Å²) in [6, 6.07) is 2.05. The van der Waals surface area contributed by atoms with Crippen molar-refractivity contribution >= 4 is 0 Å². The lowest BCUT2D eigenvalue weighted by atomic mass is 10.2. The van der Waals surface area contributed by atoms with Crippen molar-refractivity contribution in [3.05, 3.63) is 17.5 Å². The molecule has 0 aliphatic heterocycles. The first-order chi connectivity index (χ1) is 6.27. The Balaban J connectivity index is 2.48. The van der Waals surface area contributed by atoms with E-state index in [-0.39, 0.29) is 0 Å². The first-order valence-corrected chi connectivity index (χ1v) is 4.48. The fourth-order valence-electron chi connectivity index (χ4n) is 1.28. The molecule has 1 aromatic heterocycles. The molecule has 0 radical (unpaired) electrons. The van der Waals surface area contributed by atoms with Gasteiger partial charge in [-0.2, -0.15) is 5.10 Å². The number of ether oxygens (including phenoxy) is 1. The summed E-state index contributed by atoms with van der Waals surface area (Å²) in [5, 5.41) is 4.33. The molecule has 0 spiro atoms. The molecule has 0 bridgehead atoms. The molecule has 0 aliphatic rings. The van der Waals surface area contributed by atoms with E-state index in [1.54, 1.807) is 7.11 Å². The second kappa shape index (κ2) is 4.99. The van der Waals surface area contributed by atoms with Crippen molar-refractivity contribution < 1.29 is 4.74 Å².